The molecule has 0 radical (unpaired) electrons. The van der Waals surface area contributed by atoms with Crippen molar-refractivity contribution >= 4 is 13.3 Å². The third-order valence-corrected chi connectivity index (χ3v) is 5.77. The molecule has 1 aliphatic rings. The summed E-state index contributed by atoms with van der Waals surface area (Å²) in [7, 11) is -3.30. The summed E-state index contributed by atoms with van der Waals surface area (Å²) >= 11 is 0. The highest BCUT2D eigenvalue weighted by Gasteiger charge is 2.30. The number of nitrogens with zero attached hydrogens (tertiary/aromatic N) is 1. The molecule has 5 heteroatoms. The van der Waals surface area contributed by atoms with Gasteiger partial charge in [-0.25, -0.2) is 0 Å². The highest BCUT2D eigenvalue weighted by molar-refractivity contribution is 7.53. The predicted molar refractivity (Wildman–Crippen MR) is 102 cm³/mol. The molecule has 0 spiro atoms. The molecule has 25 heavy (non-hydrogen) atoms. The smallest absolute Gasteiger partial charge is 0.305 e. The Bertz CT molecular complexity index is 781. The Morgan fingerprint density at radius 1 is 0.800 bits per heavy atom. The molecule has 0 aliphatic heterocycles. The summed E-state index contributed by atoms with van der Waals surface area (Å²) in [5.74, 6) is 0. The zero-order valence-electron chi connectivity index (χ0n) is 15.1. The van der Waals surface area contributed by atoms with Crippen molar-refractivity contribution in [2.75, 3.05) is 6.29 Å². The number of hydrogen-bond donors (Lipinski definition) is 0. The Kier molecular flexibility index (Phi) is 5.24. The van der Waals surface area contributed by atoms with E-state index in [1.807, 2.05) is 64.1 Å². The molecule has 0 N–H and O–H groups in total. The Balaban J connectivity index is 1.99. The van der Waals surface area contributed by atoms with Gasteiger partial charge in [0.25, 0.3) is 0 Å². The first kappa shape index (κ1) is 18.1. The summed E-state index contributed by atoms with van der Waals surface area (Å²) in [6.45, 7) is 7.40. The number of fused-ring (bicyclic) bond motifs is 3. The molecule has 2 aromatic rings. The van der Waals surface area contributed by atoms with Gasteiger partial charge < -0.3 is 9.05 Å². The lowest BCUT2D eigenvalue weighted by Crippen LogP contribution is -2.10. The number of benzene rings is 2. The summed E-state index contributed by atoms with van der Waals surface area (Å²) in [6, 6.07) is 16.3. The predicted octanol–water partition coefficient (Wildman–Crippen LogP) is 5.51. The van der Waals surface area contributed by atoms with Gasteiger partial charge in [-0.05, 0) is 38.8 Å². The zero-order valence-corrected chi connectivity index (χ0v) is 16.0. The second kappa shape index (κ2) is 7.25. The van der Waals surface area contributed by atoms with Gasteiger partial charge in [0.1, 0.15) is 6.29 Å². The van der Waals surface area contributed by atoms with Gasteiger partial charge in [-0.3, -0.25) is 9.56 Å². The standard InChI is InChI=1S/C20H24NO3P/c1-14(2)23-25(22,24-15(3)4)13-21-20-18-11-7-5-9-16(18)17-10-6-8-12-19(17)20/h5-12,14-15H,13H2,1-4H3. The van der Waals surface area contributed by atoms with Crippen LogP contribution in [-0.4, -0.2) is 24.2 Å². The molecule has 1 aliphatic carbocycles. The molecule has 0 saturated heterocycles. The van der Waals surface area contributed by atoms with Crippen LogP contribution in [0.3, 0.4) is 0 Å². The molecule has 0 fully saturated rings. The van der Waals surface area contributed by atoms with Crippen molar-refractivity contribution < 1.29 is 13.6 Å². The van der Waals surface area contributed by atoms with Crippen molar-refractivity contribution in [3.8, 4) is 11.1 Å². The van der Waals surface area contributed by atoms with Crippen LogP contribution in [0, 0.1) is 0 Å². The van der Waals surface area contributed by atoms with Gasteiger partial charge in [-0.1, -0.05) is 48.5 Å². The largest absolute Gasteiger partial charge is 0.352 e. The molecule has 4 nitrogen and oxygen atoms in total. The van der Waals surface area contributed by atoms with Crippen LogP contribution < -0.4 is 0 Å². The second-order valence-electron chi connectivity index (χ2n) is 6.66. The molecular weight excluding hydrogens is 333 g/mol. The van der Waals surface area contributed by atoms with Crippen LogP contribution in [-0.2, 0) is 13.6 Å². The molecule has 0 amide bonds. The van der Waals surface area contributed by atoms with Crippen molar-refractivity contribution in [3.05, 3.63) is 59.7 Å². The average Bonchev–Trinajstić information content (AvgIpc) is 2.85. The van der Waals surface area contributed by atoms with Crippen LogP contribution in [0.1, 0.15) is 38.8 Å². The molecule has 0 aromatic heterocycles. The quantitative estimate of drug-likeness (QED) is 0.547. The van der Waals surface area contributed by atoms with Crippen molar-refractivity contribution in [3.63, 3.8) is 0 Å². The van der Waals surface area contributed by atoms with Crippen LogP contribution in [0.25, 0.3) is 11.1 Å². The first-order valence-corrected chi connectivity index (χ1v) is 10.3. The van der Waals surface area contributed by atoms with E-state index in [0.717, 1.165) is 28.0 Å². The van der Waals surface area contributed by atoms with Crippen LogP contribution in [0.15, 0.2) is 53.5 Å². The molecule has 0 atom stereocenters. The Morgan fingerprint density at radius 2 is 1.20 bits per heavy atom. The van der Waals surface area contributed by atoms with Crippen molar-refractivity contribution in [2.24, 2.45) is 4.99 Å². The van der Waals surface area contributed by atoms with Gasteiger partial charge in [-0.2, -0.15) is 0 Å². The summed E-state index contributed by atoms with van der Waals surface area (Å²) < 4.78 is 24.3. The van der Waals surface area contributed by atoms with Crippen LogP contribution in [0.5, 0.6) is 0 Å². The van der Waals surface area contributed by atoms with Gasteiger partial charge in [0.2, 0.25) is 0 Å². The highest BCUT2D eigenvalue weighted by Crippen LogP contribution is 2.51. The van der Waals surface area contributed by atoms with E-state index in [9.17, 15) is 4.57 Å². The fourth-order valence-corrected chi connectivity index (χ4v) is 4.84. The normalized spacial score (nSPS) is 13.3. The van der Waals surface area contributed by atoms with E-state index in [0.29, 0.717) is 0 Å². The van der Waals surface area contributed by atoms with E-state index in [1.54, 1.807) is 0 Å². The van der Waals surface area contributed by atoms with Gasteiger partial charge in [0, 0.05) is 11.1 Å². The first-order chi connectivity index (χ1) is 11.9. The van der Waals surface area contributed by atoms with Crippen LogP contribution in [0.4, 0.5) is 0 Å². The maximum absolute atomic E-state index is 13.1. The number of hydrogen-bond acceptors (Lipinski definition) is 4. The fourth-order valence-electron chi connectivity index (χ4n) is 3.06. The number of rotatable bonds is 6. The third kappa shape index (κ3) is 3.92. The minimum Gasteiger partial charge on any atom is -0.305 e. The van der Waals surface area contributed by atoms with Gasteiger partial charge in [-0.15, -0.1) is 0 Å². The summed E-state index contributed by atoms with van der Waals surface area (Å²) in [6.07, 6.45) is -0.359. The topological polar surface area (TPSA) is 47.9 Å². The average molecular weight is 357 g/mol. The molecule has 0 bridgehead atoms. The maximum atomic E-state index is 13.1. The summed E-state index contributed by atoms with van der Waals surface area (Å²) in [5, 5.41) is 0. The molecule has 3 rings (SSSR count). The van der Waals surface area contributed by atoms with E-state index in [4.69, 9.17) is 9.05 Å². The first-order valence-electron chi connectivity index (χ1n) is 8.59. The van der Waals surface area contributed by atoms with Crippen molar-refractivity contribution in [2.45, 2.75) is 39.9 Å². The molecule has 2 aromatic carbocycles. The summed E-state index contributed by atoms with van der Waals surface area (Å²) in [5.41, 5.74) is 5.28. The van der Waals surface area contributed by atoms with E-state index in [1.165, 1.54) is 0 Å². The van der Waals surface area contributed by atoms with Gasteiger partial charge >= 0.3 is 7.60 Å². The molecular formula is C20H24NO3P. The summed E-state index contributed by atoms with van der Waals surface area (Å²) in [4.78, 5) is 4.69. The third-order valence-electron chi connectivity index (χ3n) is 3.80. The molecule has 0 saturated carbocycles. The van der Waals surface area contributed by atoms with Crippen LogP contribution >= 0.6 is 7.60 Å². The van der Waals surface area contributed by atoms with E-state index >= 15 is 0 Å². The Labute approximate surface area is 149 Å². The van der Waals surface area contributed by atoms with E-state index in [2.05, 4.69) is 17.1 Å². The Morgan fingerprint density at radius 3 is 1.60 bits per heavy atom. The molecule has 0 heterocycles. The molecule has 132 valence electrons. The Hall–Kier alpha value is -1.74. The lowest BCUT2D eigenvalue weighted by atomic mass is 10.1. The zero-order chi connectivity index (χ0) is 18.0. The second-order valence-corrected chi connectivity index (χ2v) is 8.58. The lowest BCUT2D eigenvalue weighted by molar-refractivity contribution is 0.143. The van der Waals surface area contributed by atoms with Crippen LogP contribution in [0.2, 0.25) is 0 Å². The van der Waals surface area contributed by atoms with E-state index < -0.39 is 7.60 Å². The minimum atomic E-state index is -3.30. The van der Waals surface area contributed by atoms with Crippen molar-refractivity contribution in [1.29, 1.82) is 0 Å². The minimum absolute atomic E-state index is 0.0152. The lowest BCUT2D eigenvalue weighted by Gasteiger charge is -2.21. The maximum Gasteiger partial charge on any atom is 0.352 e. The van der Waals surface area contributed by atoms with Crippen molar-refractivity contribution in [1.82, 2.24) is 0 Å². The SMILES string of the molecule is CC(C)OP(=O)(CN=C1c2ccccc2-c2ccccc21)OC(C)C. The van der Waals surface area contributed by atoms with Gasteiger partial charge in [0.15, 0.2) is 0 Å². The van der Waals surface area contributed by atoms with Gasteiger partial charge in [0.05, 0.1) is 17.9 Å². The fraction of sp³-hybridized carbons (Fsp3) is 0.350. The highest BCUT2D eigenvalue weighted by atomic mass is 31.2. The monoisotopic (exact) mass is 357 g/mol. The molecule has 0 unspecified atom stereocenters. The van der Waals surface area contributed by atoms with E-state index in [-0.39, 0.29) is 18.5 Å². The number of aliphatic imine (C=N–C) groups is 1.